The first-order valence-electron chi connectivity index (χ1n) is 8.39. The number of carbonyl (C=O) groups excluding carboxylic acids is 1. The molecule has 3 heterocycles. The minimum Gasteiger partial charge on any atom is -0.357 e. The first-order valence-corrected chi connectivity index (χ1v) is 9.27. The van der Waals surface area contributed by atoms with Gasteiger partial charge in [0.15, 0.2) is 0 Å². The van der Waals surface area contributed by atoms with Crippen molar-refractivity contribution in [3.8, 4) is 0 Å². The molecule has 1 fully saturated rings. The normalized spacial score (nSPS) is 15.3. The summed E-state index contributed by atoms with van der Waals surface area (Å²) in [7, 11) is 1.84. The van der Waals surface area contributed by atoms with E-state index in [1.54, 1.807) is 16.2 Å². The predicted molar refractivity (Wildman–Crippen MR) is 98.4 cm³/mol. The average molecular weight is 344 g/mol. The average Bonchev–Trinajstić information content (AvgIpc) is 3.32. The van der Waals surface area contributed by atoms with E-state index in [0.717, 1.165) is 24.5 Å². The molecular weight excluding hydrogens is 320 g/mol. The molecule has 1 aliphatic rings. The second-order valence-corrected chi connectivity index (χ2v) is 7.16. The highest BCUT2D eigenvalue weighted by molar-refractivity contribution is 7.10. The molecule has 0 bridgehead atoms. The lowest BCUT2D eigenvalue weighted by molar-refractivity contribution is 0.194. The van der Waals surface area contributed by atoms with E-state index in [1.807, 2.05) is 37.7 Å². The number of thiophene rings is 1. The van der Waals surface area contributed by atoms with Crippen molar-refractivity contribution in [1.82, 2.24) is 15.2 Å². The van der Waals surface area contributed by atoms with Crippen LogP contribution in [0.4, 0.5) is 10.6 Å². The molecule has 2 aromatic rings. The quantitative estimate of drug-likeness (QED) is 0.901. The molecule has 2 amide bonds. The van der Waals surface area contributed by atoms with Gasteiger partial charge in [0.1, 0.15) is 5.82 Å². The summed E-state index contributed by atoms with van der Waals surface area (Å²) in [5, 5.41) is 5.04. The van der Waals surface area contributed by atoms with Crippen LogP contribution in [0.5, 0.6) is 0 Å². The van der Waals surface area contributed by atoms with Gasteiger partial charge in [-0.2, -0.15) is 0 Å². The molecule has 1 aliphatic heterocycles. The Morgan fingerprint density at radius 3 is 2.92 bits per heavy atom. The smallest absolute Gasteiger partial charge is 0.317 e. The first-order chi connectivity index (χ1) is 11.6. The third-order valence-electron chi connectivity index (χ3n) is 4.54. The molecule has 0 aliphatic carbocycles. The summed E-state index contributed by atoms with van der Waals surface area (Å²) >= 11 is 1.67. The number of rotatable bonds is 5. The van der Waals surface area contributed by atoms with Gasteiger partial charge in [0.05, 0.1) is 6.04 Å². The van der Waals surface area contributed by atoms with E-state index in [2.05, 4.69) is 27.3 Å². The van der Waals surface area contributed by atoms with Crippen LogP contribution in [-0.4, -0.2) is 36.1 Å². The molecular formula is C18H24N4OS. The van der Waals surface area contributed by atoms with Gasteiger partial charge in [-0.3, -0.25) is 0 Å². The van der Waals surface area contributed by atoms with E-state index in [1.165, 1.54) is 17.7 Å². The number of pyridine rings is 1. The number of aromatic nitrogens is 1. The maximum absolute atomic E-state index is 12.4. The van der Waals surface area contributed by atoms with E-state index < -0.39 is 0 Å². The minimum absolute atomic E-state index is 0.0598. The van der Waals surface area contributed by atoms with Gasteiger partial charge in [-0.15, -0.1) is 11.3 Å². The minimum atomic E-state index is -0.0598. The van der Waals surface area contributed by atoms with Gasteiger partial charge >= 0.3 is 6.03 Å². The summed E-state index contributed by atoms with van der Waals surface area (Å²) in [5.74, 6) is 1.01. The molecule has 1 atom stereocenters. The largest absolute Gasteiger partial charge is 0.357 e. The Morgan fingerprint density at radius 1 is 1.42 bits per heavy atom. The molecule has 0 saturated carbocycles. The second-order valence-electron chi connectivity index (χ2n) is 6.18. The predicted octanol–water partition coefficient (Wildman–Crippen LogP) is 3.65. The molecule has 0 unspecified atom stereocenters. The van der Waals surface area contributed by atoms with Gasteiger partial charge in [0, 0.05) is 37.8 Å². The van der Waals surface area contributed by atoms with Crippen molar-refractivity contribution in [3.05, 3.63) is 46.3 Å². The zero-order valence-corrected chi connectivity index (χ0v) is 15.1. The maximum atomic E-state index is 12.4. The molecule has 3 rings (SSSR count). The fraction of sp³-hybridized carbons (Fsp3) is 0.444. The number of carbonyl (C=O) groups is 1. The molecule has 24 heavy (non-hydrogen) atoms. The Hall–Kier alpha value is -2.08. The molecule has 0 aromatic carbocycles. The Bertz CT molecular complexity index is 667. The lowest BCUT2D eigenvalue weighted by Gasteiger charge is -2.24. The van der Waals surface area contributed by atoms with Crippen LogP contribution >= 0.6 is 11.3 Å². The van der Waals surface area contributed by atoms with Crippen molar-refractivity contribution in [2.45, 2.75) is 32.4 Å². The van der Waals surface area contributed by atoms with Crippen LogP contribution < -0.4 is 10.2 Å². The Kier molecular flexibility index (Phi) is 5.35. The highest BCUT2D eigenvalue weighted by Crippen LogP contribution is 2.23. The third kappa shape index (κ3) is 3.87. The fourth-order valence-electron chi connectivity index (χ4n) is 2.89. The molecule has 0 spiro atoms. The fourth-order valence-corrected chi connectivity index (χ4v) is 3.71. The van der Waals surface area contributed by atoms with Crippen molar-refractivity contribution < 1.29 is 4.79 Å². The van der Waals surface area contributed by atoms with Crippen LogP contribution in [0.15, 0.2) is 35.8 Å². The van der Waals surface area contributed by atoms with E-state index in [-0.39, 0.29) is 12.1 Å². The van der Waals surface area contributed by atoms with Crippen LogP contribution in [-0.2, 0) is 6.54 Å². The Morgan fingerprint density at radius 2 is 2.21 bits per heavy atom. The monoisotopic (exact) mass is 344 g/mol. The Balaban J connectivity index is 1.57. The van der Waals surface area contributed by atoms with Gasteiger partial charge in [0.25, 0.3) is 0 Å². The van der Waals surface area contributed by atoms with Crippen LogP contribution in [0.1, 0.15) is 36.2 Å². The van der Waals surface area contributed by atoms with Crippen LogP contribution in [0.25, 0.3) is 0 Å². The van der Waals surface area contributed by atoms with E-state index >= 15 is 0 Å². The van der Waals surface area contributed by atoms with Gasteiger partial charge in [-0.05, 0) is 48.9 Å². The molecule has 6 heteroatoms. The lowest BCUT2D eigenvalue weighted by atomic mass is 10.2. The summed E-state index contributed by atoms with van der Waals surface area (Å²) in [5.41, 5.74) is 1.08. The number of anilines is 1. The number of hydrogen-bond donors (Lipinski definition) is 1. The number of nitrogens with zero attached hydrogens (tertiary/aromatic N) is 3. The number of amides is 2. The van der Waals surface area contributed by atoms with E-state index in [9.17, 15) is 4.79 Å². The highest BCUT2D eigenvalue weighted by atomic mass is 32.1. The Labute approximate surface area is 147 Å². The highest BCUT2D eigenvalue weighted by Gasteiger charge is 2.18. The maximum Gasteiger partial charge on any atom is 0.317 e. The van der Waals surface area contributed by atoms with E-state index in [0.29, 0.717) is 6.54 Å². The standard InChI is InChI=1S/C18H24N4OS/c1-14(16-6-5-11-24-16)21(2)18(23)20-13-15-7-8-19-17(12-15)22-9-3-4-10-22/h5-8,11-12,14H,3-4,9-10,13H2,1-2H3,(H,20,23)/t14-/m0/s1. The van der Waals surface area contributed by atoms with Gasteiger partial charge in [0.2, 0.25) is 0 Å². The van der Waals surface area contributed by atoms with E-state index in [4.69, 9.17) is 0 Å². The van der Waals surface area contributed by atoms with Crippen LogP contribution in [0.3, 0.4) is 0 Å². The summed E-state index contributed by atoms with van der Waals surface area (Å²) in [4.78, 5) is 22.1. The molecule has 1 saturated heterocycles. The van der Waals surface area contributed by atoms with Crippen molar-refractivity contribution in [3.63, 3.8) is 0 Å². The topological polar surface area (TPSA) is 48.5 Å². The van der Waals surface area contributed by atoms with Crippen molar-refractivity contribution in [1.29, 1.82) is 0 Å². The van der Waals surface area contributed by atoms with Gasteiger partial charge in [-0.25, -0.2) is 9.78 Å². The zero-order valence-electron chi connectivity index (χ0n) is 14.2. The second kappa shape index (κ2) is 7.66. The van der Waals surface area contributed by atoms with Crippen LogP contribution in [0.2, 0.25) is 0 Å². The van der Waals surface area contributed by atoms with Gasteiger partial charge < -0.3 is 15.1 Å². The first kappa shape index (κ1) is 16.8. The number of urea groups is 1. The SMILES string of the molecule is C[C@@H](c1cccs1)N(C)C(=O)NCc1ccnc(N2CCCC2)c1. The van der Waals surface area contributed by atoms with Gasteiger partial charge in [-0.1, -0.05) is 6.07 Å². The zero-order chi connectivity index (χ0) is 16.9. The van der Waals surface area contributed by atoms with Crippen LogP contribution in [0, 0.1) is 0 Å². The third-order valence-corrected chi connectivity index (χ3v) is 5.58. The number of nitrogens with one attached hydrogen (secondary N) is 1. The molecule has 128 valence electrons. The molecule has 1 N–H and O–H groups in total. The molecule has 2 aromatic heterocycles. The molecule has 0 radical (unpaired) electrons. The lowest BCUT2D eigenvalue weighted by Crippen LogP contribution is -2.38. The summed E-state index contributed by atoms with van der Waals surface area (Å²) in [6, 6.07) is 8.12. The van der Waals surface area contributed by atoms with Crippen molar-refractivity contribution in [2.75, 3.05) is 25.0 Å². The number of hydrogen-bond acceptors (Lipinski definition) is 4. The summed E-state index contributed by atoms with van der Waals surface area (Å²) in [6.07, 6.45) is 4.29. The summed E-state index contributed by atoms with van der Waals surface area (Å²) < 4.78 is 0. The summed E-state index contributed by atoms with van der Waals surface area (Å²) in [6.45, 7) is 4.71. The van der Waals surface area contributed by atoms with Crippen molar-refractivity contribution in [2.24, 2.45) is 0 Å². The molecule has 5 nitrogen and oxygen atoms in total. The van der Waals surface area contributed by atoms with Crippen molar-refractivity contribution >= 4 is 23.2 Å².